The highest BCUT2D eigenvalue weighted by Crippen LogP contribution is 2.33. The number of morpholine rings is 1. The number of ether oxygens (including phenoxy) is 2. The molecule has 2 aliphatic rings. The maximum atomic E-state index is 13.1. The van der Waals surface area contributed by atoms with E-state index < -0.39 is 5.41 Å². The summed E-state index contributed by atoms with van der Waals surface area (Å²) in [5.74, 6) is 0.615. The van der Waals surface area contributed by atoms with Crippen molar-refractivity contribution in [2.24, 2.45) is 5.10 Å². The first-order valence-electron chi connectivity index (χ1n) is 14.0. The Morgan fingerprint density at radius 1 is 1.20 bits per heavy atom. The number of aryl methyl sites for hydroxylation is 1. The second kappa shape index (κ2) is 12.5. The van der Waals surface area contributed by atoms with Crippen LogP contribution in [0.2, 0.25) is 0 Å². The van der Waals surface area contributed by atoms with Crippen LogP contribution in [0.5, 0.6) is 5.75 Å². The number of hydrogen-bond acceptors (Lipinski definition) is 8. The van der Waals surface area contributed by atoms with E-state index in [1.807, 2.05) is 74.6 Å². The molecular weight excluding hydrogens is 516 g/mol. The highest BCUT2D eigenvalue weighted by molar-refractivity contribution is 6.04. The van der Waals surface area contributed by atoms with Gasteiger partial charge in [-0.15, -0.1) is 0 Å². The quantitative estimate of drug-likeness (QED) is 0.409. The van der Waals surface area contributed by atoms with Gasteiger partial charge >= 0.3 is 0 Å². The van der Waals surface area contributed by atoms with Gasteiger partial charge in [0.1, 0.15) is 12.4 Å². The maximum absolute atomic E-state index is 13.1. The van der Waals surface area contributed by atoms with E-state index in [1.165, 1.54) is 0 Å². The smallest absolute Gasteiger partial charge is 0.255 e. The molecule has 1 unspecified atom stereocenters. The van der Waals surface area contributed by atoms with Gasteiger partial charge in [0.15, 0.2) is 0 Å². The van der Waals surface area contributed by atoms with E-state index in [1.54, 1.807) is 18.3 Å². The van der Waals surface area contributed by atoms with E-state index in [4.69, 9.17) is 14.6 Å². The second-order valence-electron chi connectivity index (χ2n) is 10.9. The fourth-order valence-corrected chi connectivity index (χ4v) is 4.98. The molecule has 1 N–H and O–H groups in total. The van der Waals surface area contributed by atoms with Crippen molar-refractivity contribution in [2.75, 3.05) is 56.3 Å². The van der Waals surface area contributed by atoms with Crippen molar-refractivity contribution in [1.29, 1.82) is 5.26 Å². The molecule has 1 aromatic heterocycles. The molecule has 2 aromatic carbocycles. The number of amides is 1. The number of nitrogens with one attached hydrogen (secondary N) is 1. The third kappa shape index (κ3) is 6.73. The molecule has 9 nitrogen and oxygen atoms in total. The number of pyridine rings is 1. The number of rotatable bonds is 9. The molecule has 3 heterocycles. The van der Waals surface area contributed by atoms with Crippen molar-refractivity contribution >= 4 is 23.5 Å². The average Bonchev–Trinajstić information content (AvgIpc) is 3.49. The minimum atomic E-state index is -0.681. The van der Waals surface area contributed by atoms with Gasteiger partial charge in [0.2, 0.25) is 0 Å². The molecular formula is C32H36N6O3. The number of nitriles is 1. The Kier molecular flexibility index (Phi) is 8.62. The first-order chi connectivity index (χ1) is 19.8. The maximum Gasteiger partial charge on any atom is 0.255 e. The fraction of sp³-hybridized carbons (Fsp3) is 0.375. The van der Waals surface area contributed by atoms with Crippen molar-refractivity contribution in [2.45, 2.75) is 32.1 Å². The predicted molar refractivity (Wildman–Crippen MR) is 160 cm³/mol. The number of carbonyl (C=O) groups is 1. The molecule has 2 aliphatic heterocycles. The predicted octanol–water partition coefficient (Wildman–Crippen LogP) is 4.74. The standard InChI is InChI=1S/C32H36N6O3/c1-23-7-8-27(36-31(39)24-5-4-6-26(17-24)32(2,3)22-33)18-29(23)38-21-25(19-35-38)28-20-34-10-9-30(28)41-16-13-37-11-14-40-15-12-37/h4-10,17-20,25H,11-16,21H2,1-3H3,(H,36,39). The highest BCUT2D eigenvalue weighted by Gasteiger charge is 2.25. The van der Waals surface area contributed by atoms with Crippen LogP contribution in [0.1, 0.15) is 46.8 Å². The zero-order valence-electron chi connectivity index (χ0n) is 23.8. The van der Waals surface area contributed by atoms with E-state index in [-0.39, 0.29) is 11.8 Å². The summed E-state index contributed by atoms with van der Waals surface area (Å²) in [6, 6.07) is 17.2. The van der Waals surface area contributed by atoms with E-state index in [2.05, 4.69) is 21.3 Å². The van der Waals surface area contributed by atoms with Gasteiger partial charge in [-0.05, 0) is 62.2 Å². The number of hydrogen-bond donors (Lipinski definition) is 1. The topological polar surface area (TPSA) is 103 Å². The number of benzene rings is 2. The van der Waals surface area contributed by atoms with Crippen molar-refractivity contribution < 1.29 is 14.3 Å². The lowest BCUT2D eigenvalue weighted by Crippen LogP contribution is -2.38. The number of aromatic nitrogens is 1. The van der Waals surface area contributed by atoms with Crippen LogP contribution in [0, 0.1) is 18.3 Å². The van der Waals surface area contributed by atoms with Gasteiger partial charge in [0, 0.05) is 61.0 Å². The Morgan fingerprint density at radius 2 is 2.02 bits per heavy atom. The van der Waals surface area contributed by atoms with Crippen LogP contribution in [0.4, 0.5) is 11.4 Å². The molecule has 0 spiro atoms. The first kappa shape index (κ1) is 28.3. The van der Waals surface area contributed by atoms with E-state index in [0.717, 1.165) is 61.0 Å². The van der Waals surface area contributed by atoms with Gasteiger partial charge in [0.05, 0.1) is 36.9 Å². The van der Waals surface area contributed by atoms with Crippen molar-refractivity contribution in [3.05, 3.63) is 83.2 Å². The van der Waals surface area contributed by atoms with E-state index in [0.29, 0.717) is 24.4 Å². The minimum absolute atomic E-state index is 0.0194. The summed E-state index contributed by atoms with van der Waals surface area (Å²) < 4.78 is 11.6. The van der Waals surface area contributed by atoms with Crippen LogP contribution in [0.3, 0.4) is 0 Å². The van der Waals surface area contributed by atoms with Crippen LogP contribution in [-0.2, 0) is 10.2 Å². The zero-order chi connectivity index (χ0) is 28.8. The Bertz CT molecular complexity index is 1460. The molecule has 0 radical (unpaired) electrons. The summed E-state index contributed by atoms with van der Waals surface area (Å²) in [4.78, 5) is 19.8. The lowest BCUT2D eigenvalue weighted by atomic mass is 9.85. The fourth-order valence-electron chi connectivity index (χ4n) is 4.98. The van der Waals surface area contributed by atoms with Gasteiger partial charge in [-0.2, -0.15) is 10.4 Å². The molecule has 1 atom stereocenters. The molecule has 0 bridgehead atoms. The molecule has 3 aromatic rings. The molecule has 1 amide bonds. The van der Waals surface area contributed by atoms with Gasteiger partial charge in [-0.3, -0.25) is 19.7 Å². The van der Waals surface area contributed by atoms with Gasteiger partial charge in [-0.25, -0.2) is 0 Å². The summed E-state index contributed by atoms with van der Waals surface area (Å²) >= 11 is 0. The molecule has 1 fully saturated rings. The third-order valence-electron chi connectivity index (χ3n) is 7.61. The van der Waals surface area contributed by atoms with Gasteiger partial charge < -0.3 is 14.8 Å². The monoisotopic (exact) mass is 552 g/mol. The van der Waals surface area contributed by atoms with E-state index >= 15 is 0 Å². The van der Waals surface area contributed by atoms with Crippen LogP contribution in [-0.4, -0.2) is 68.0 Å². The summed E-state index contributed by atoms with van der Waals surface area (Å²) in [5, 5.41) is 19.1. The van der Waals surface area contributed by atoms with Gasteiger partial charge in [0.25, 0.3) is 5.91 Å². The molecule has 212 valence electrons. The van der Waals surface area contributed by atoms with Crippen molar-refractivity contribution in [3.8, 4) is 11.8 Å². The SMILES string of the molecule is Cc1ccc(NC(=O)c2cccc(C(C)(C)C#N)c2)cc1N1CC(c2cnccc2OCCN2CCOCC2)C=N1. The lowest BCUT2D eigenvalue weighted by Gasteiger charge is -2.26. The lowest BCUT2D eigenvalue weighted by molar-refractivity contribution is 0.0322. The first-order valence-corrected chi connectivity index (χ1v) is 14.0. The summed E-state index contributed by atoms with van der Waals surface area (Å²) in [7, 11) is 0. The molecule has 0 saturated carbocycles. The number of carbonyl (C=O) groups excluding carboxylic acids is 1. The molecule has 0 aliphatic carbocycles. The van der Waals surface area contributed by atoms with Crippen LogP contribution in [0.25, 0.3) is 0 Å². The van der Waals surface area contributed by atoms with Crippen molar-refractivity contribution in [1.82, 2.24) is 9.88 Å². The highest BCUT2D eigenvalue weighted by atomic mass is 16.5. The Morgan fingerprint density at radius 3 is 2.83 bits per heavy atom. The number of anilines is 2. The minimum Gasteiger partial charge on any atom is -0.492 e. The molecule has 1 saturated heterocycles. The Hall–Kier alpha value is -4.26. The summed E-state index contributed by atoms with van der Waals surface area (Å²) in [6.45, 7) is 11.2. The number of nitrogens with zero attached hydrogens (tertiary/aromatic N) is 5. The largest absolute Gasteiger partial charge is 0.492 e. The number of hydrazone groups is 1. The third-order valence-corrected chi connectivity index (χ3v) is 7.61. The molecule has 5 rings (SSSR count). The molecule has 9 heteroatoms. The zero-order valence-corrected chi connectivity index (χ0v) is 23.8. The van der Waals surface area contributed by atoms with Crippen LogP contribution in [0.15, 0.2) is 66.0 Å². The molecule has 41 heavy (non-hydrogen) atoms. The normalized spacial score (nSPS) is 17.3. The van der Waals surface area contributed by atoms with Crippen molar-refractivity contribution in [3.63, 3.8) is 0 Å². The second-order valence-corrected chi connectivity index (χ2v) is 10.9. The van der Waals surface area contributed by atoms with Crippen LogP contribution >= 0.6 is 0 Å². The Labute approximate surface area is 241 Å². The summed E-state index contributed by atoms with van der Waals surface area (Å²) in [6.07, 6.45) is 5.54. The van der Waals surface area contributed by atoms with Gasteiger partial charge in [-0.1, -0.05) is 18.2 Å². The van der Waals surface area contributed by atoms with Crippen LogP contribution < -0.4 is 15.1 Å². The average molecular weight is 553 g/mol. The Balaban J connectivity index is 1.25. The van der Waals surface area contributed by atoms with E-state index in [9.17, 15) is 10.1 Å². The summed E-state index contributed by atoms with van der Waals surface area (Å²) in [5.41, 5.74) is 4.26.